The lowest BCUT2D eigenvalue weighted by atomic mass is 9.94. The third-order valence-electron chi connectivity index (χ3n) is 5.18. The lowest BCUT2D eigenvalue weighted by Gasteiger charge is -2.36. The molecule has 4 rings (SSSR count). The quantitative estimate of drug-likeness (QED) is 0.850. The van der Waals surface area contributed by atoms with E-state index < -0.39 is 0 Å². The predicted octanol–water partition coefficient (Wildman–Crippen LogP) is 4.00. The Morgan fingerprint density at radius 2 is 2.12 bits per heavy atom. The SMILES string of the molecule is COc1cccc(C2CCCCN2C(=O)c2ccc3c(c2)CCO3)c1. The molecule has 2 aromatic rings. The molecular weight excluding hydrogens is 314 g/mol. The minimum atomic E-state index is 0.112. The fourth-order valence-corrected chi connectivity index (χ4v) is 3.86. The van der Waals surface area contributed by atoms with Crippen molar-refractivity contribution in [2.24, 2.45) is 0 Å². The molecule has 130 valence electrons. The number of benzene rings is 2. The Bertz CT molecular complexity index is 786. The second-order valence-electron chi connectivity index (χ2n) is 6.71. The van der Waals surface area contributed by atoms with Crippen LogP contribution in [0.4, 0.5) is 0 Å². The number of hydrogen-bond acceptors (Lipinski definition) is 3. The number of carbonyl (C=O) groups excluding carboxylic acids is 1. The van der Waals surface area contributed by atoms with E-state index in [9.17, 15) is 4.79 Å². The monoisotopic (exact) mass is 337 g/mol. The van der Waals surface area contributed by atoms with E-state index in [4.69, 9.17) is 9.47 Å². The minimum Gasteiger partial charge on any atom is -0.497 e. The van der Waals surface area contributed by atoms with Crippen LogP contribution < -0.4 is 9.47 Å². The molecular formula is C21H23NO3. The molecule has 2 aliphatic heterocycles. The van der Waals surface area contributed by atoms with Gasteiger partial charge in [-0.2, -0.15) is 0 Å². The van der Waals surface area contributed by atoms with Crippen molar-refractivity contribution in [1.82, 2.24) is 4.90 Å². The van der Waals surface area contributed by atoms with Gasteiger partial charge in [-0.15, -0.1) is 0 Å². The van der Waals surface area contributed by atoms with Crippen LogP contribution in [-0.2, 0) is 6.42 Å². The van der Waals surface area contributed by atoms with Crippen molar-refractivity contribution in [3.05, 3.63) is 59.2 Å². The van der Waals surface area contributed by atoms with E-state index in [0.717, 1.165) is 60.4 Å². The molecule has 4 nitrogen and oxygen atoms in total. The molecule has 4 heteroatoms. The number of rotatable bonds is 3. The summed E-state index contributed by atoms with van der Waals surface area (Å²) in [6, 6.07) is 14.0. The number of likely N-dealkylation sites (tertiary alicyclic amines) is 1. The highest BCUT2D eigenvalue weighted by atomic mass is 16.5. The maximum absolute atomic E-state index is 13.2. The van der Waals surface area contributed by atoms with Crippen molar-refractivity contribution in [1.29, 1.82) is 0 Å². The number of carbonyl (C=O) groups is 1. The fraction of sp³-hybridized carbons (Fsp3) is 0.381. The number of ether oxygens (including phenoxy) is 2. The topological polar surface area (TPSA) is 38.8 Å². The van der Waals surface area contributed by atoms with E-state index in [-0.39, 0.29) is 11.9 Å². The Hall–Kier alpha value is -2.49. The van der Waals surface area contributed by atoms with Crippen LogP contribution in [0.5, 0.6) is 11.5 Å². The molecule has 0 spiro atoms. The number of fused-ring (bicyclic) bond motifs is 1. The zero-order valence-corrected chi connectivity index (χ0v) is 14.5. The first-order chi connectivity index (χ1) is 12.3. The standard InChI is InChI=1S/C21H23NO3/c1-24-18-6-4-5-15(14-18)19-7-2-3-11-22(19)21(23)17-8-9-20-16(13-17)10-12-25-20/h4-6,8-9,13-14,19H,2-3,7,10-12H2,1H3. The minimum absolute atomic E-state index is 0.112. The molecule has 2 heterocycles. The third-order valence-corrected chi connectivity index (χ3v) is 5.18. The van der Waals surface area contributed by atoms with Crippen LogP contribution in [-0.4, -0.2) is 31.1 Å². The highest BCUT2D eigenvalue weighted by molar-refractivity contribution is 5.95. The molecule has 1 fully saturated rings. The van der Waals surface area contributed by atoms with Gasteiger partial charge in [-0.05, 0) is 60.7 Å². The van der Waals surface area contributed by atoms with E-state index in [0.29, 0.717) is 6.61 Å². The molecule has 0 radical (unpaired) electrons. The first kappa shape index (κ1) is 16.0. The maximum Gasteiger partial charge on any atom is 0.254 e. The van der Waals surface area contributed by atoms with Crippen molar-refractivity contribution >= 4 is 5.91 Å². The molecule has 0 bridgehead atoms. The molecule has 2 aliphatic rings. The number of hydrogen-bond donors (Lipinski definition) is 0. The van der Waals surface area contributed by atoms with Gasteiger partial charge in [0.1, 0.15) is 11.5 Å². The van der Waals surface area contributed by atoms with Crippen LogP contribution >= 0.6 is 0 Å². The summed E-state index contributed by atoms with van der Waals surface area (Å²) in [6.07, 6.45) is 4.08. The van der Waals surface area contributed by atoms with Gasteiger partial charge < -0.3 is 14.4 Å². The smallest absolute Gasteiger partial charge is 0.254 e. The second kappa shape index (κ2) is 6.79. The summed E-state index contributed by atoms with van der Waals surface area (Å²) >= 11 is 0. The first-order valence-corrected chi connectivity index (χ1v) is 8.97. The summed E-state index contributed by atoms with van der Waals surface area (Å²) in [4.78, 5) is 15.2. The lowest BCUT2D eigenvalue weighted by molar-refractivity contribution is 0.0611. The summed E-state index contributed by atoms with van der Waals surface area (Å²) < 4.78 is 10.9. The van der Waals surface area contributed by atoms with Crippen LogP contribution in [0.2, 0.25) is 0 Å². The zero-order chi connectivity index (χ0) is 17.2. The summed E-state index contributed by atoms with van der Waals surface area (Å²) in [5.41, 5.74) is 3.05. The molecule has 25 heavy (non-hydrogen) atoms. The van der Waals surface area contributed by atoms with Crippen LogP contribution in [0.1, 0.15) is 46.8 Å². The van der Waals surface area contributed by atoms with Gasteiger partial charge in [0.15, 0.2) is 0 Å². The van der Waals surface area contributed by atoms with Crippen molar-refractivity contribution < 1.29 is 14.3 Å². The van der Waals surface area contributed by atoms with Crippen molar-refractivity contribution in [3.63, 3.8) is 0 Å². The largest absolute Gasteiger partial charge is 0.497 e. The van der Waals surface area contributed by atoms with E-state index in [1.54, 1.807) is 7.11 Å². The zero-order valence-electron chi connectivity index (χ0n) is 14.5. The van der Waals surface area contributed by atoms with Crippen LogP contribution in [0.15, 0.2) is 42.5 Å². The van der Waals surface area contributed by atoms with Crippen LogP contribution in [0.3, 0.4) is 0 Å². The van der Waals surface area contributed by atoms with Gasteiger partial charge in [0.05, 0.1) is 19.8 Å². The summed E-state index contributed by atoms with van der Waals surface area (Å²) in [5.74, 6) is 1.87. The Labute approximate surface area is 148 Å². The van der Waals surface area contributed by atoms with Crippen molar-refractivity contribution in [3.8, 4) is 11.5 Å². The normalized spacial score (nSPS) is 19.2. The molecule has 0 aliphatic carbocycles. The molecule has 1 unspecified atom stereocenters. The average molecular weight is 337 g/mol. The highest BCUT2D eigenvalue weighted by Crippen LogP contribution is 2.34. The molecule has 0 aromatic heterocycles. The molecule has 2 aromatic carbocycles. The van der Waals surface area contributed by atoms with E-state index in [1.807, 2.05) is 41.3 Å². The van der Waals surface area contributed by atoms with Crippen LogP contribution in [0.25, 0.3) is 0 Å². The molecule has 0 N–H and O–H groups in total. The highest BCUT2D eigenvalue weighted by Gasteiger charge is 2.29. The van der Waals surface area contributed by atoms with Gasteiger partial charge in [0.25, 0.3) is 5.91 Å². The Morgan fingerprint density at radius 3 is 3.00 bits per heavy atom. The van der Waals surface area contributed by atoms with Gasteiger partial charge in [-0.1, -0.05) is 12.1 Å². The van der Waals surface area contributed by atoms with Crippen molar-refractivity contribution in [2.75, 3.05) is 20.3 Å². The molecule has 0 saturated carbocycles. The van der Waals surface area contributed by atoms with Gasteiger partial charge in [-0.3, -0.25) is 4.79 Å². The van der Waals surface area contributed by atoms with Gasteiger partial charge in [0, 0.05) is 18.5 Å². The Kier molecular flexibility index (Phi) is 4.35. The van der Waals surface area contributed by atoms with Gasteiger partial charge in [-0.25, -0.2) is 0 Å². The number of methoxy groups -OCH3 is 1. The lowest BCUT2D eigenvalue weighted by Crippen LogP contribution is -2.38. The number of piperidine rings is 1. The Balaban J connectivity index is 1.63. The summed E-state index contributed by atoms with van der Waals surface area (Å²) in [6.45, 7) is 1.51. The first-order valence-electron chi connectivity index (χ1n) is 8.97. The fourth-order valence-electron chi connectivity index (χ4n) is 3.86. The maximum atomic E-state index is 13.2. The van der Waals surface area contributed by atoms with Crippen molar-refractivity contribution in [2.45, 2.75) is 31.7 Å². The number of amides is 1. The van der Waals surface area contributed by atoms with Crippen LogP contribution in [0, 0.1) is 0 Å². The predicted molar refractivity (Wildman–Crippen MR) is 96.3 cm³/mol. The van der Waals surface area contributed by atoms with E-state index >= 15 is 0 Å². The average Bonchev–Trinajstić information content (AvgIpc) is 3.15. The molecule has 1 saturated heterocycles. The number of nitrogens with zero attached hydrogens (tertiary/aromatic N) is 1. The van der Waals surface area contributed by atoms with Gasteiger partial charge >= 0.3 is 0 Å². The van der Waals surface area contributed by atoms with Gasteiger partial charge in [0.2, 0.25) is 0 Å². The van der Waals surface area contributed by atoms with E-state index in [1.165, 1.54) is 0 Å². The third kappa shape index (κ3) is 3.09. The summed E-state index contributed by atoms with van der Waals surface area (Å²) in [7, 11) is 1.68. The Morgan fingerprint density at radius 1 is 1.20 bits per heavy atom. The summed E-state index contributed by atoms with van der Waals surface area (Å²) in [5, 5.41) is 0. The van der Waals surface area contributed by atoms with E-state index in [2.05, 4.69) is 6.07 Å². The molecule has 1 amide bonds. The second-order valence-corrected chi connectivity index (χ2v) is 6.71. The molecule has 1 atom stereocenters.